The van der Waals surface area contributed by atoms with E-state index in [4.69, 9.17) is 0 Å². The first-order valence-corrected chi connectivity index (χ1v) is 7.03. The van der Waals surface area contributed by atoms with Crippen LogP contribution in [-0.2, 0) is 0 Å². The Labute approximate surface area is 101 Å². The number of nitrogens with zero attached hydrogens (tertiary/aromatic N) is 1. The average molecular weight is 221 g/mol. The smallest absolute Gasteiger partial charge is 0.0207 e. The minimum absolute atomic E-state index is 0.557. The summed E-state index contributed by atoms with van der Waals surface area (Å²) in [5.41, 5.74) is 1.81. The third kappa shape index (κ3) is 0.903. The molecular formula is C15H27N. The average Bonchev–Trinajstić information content (AvgIpc) is 2.42. The summed E-state index contributed by atoms with van der Waals surface area (Å²) in [6.07, 6.45) is 7.43. The van der Waals surface area contributed by atoms with Gasteiger partial charge in [0.25, 0.3) is 0 Å². The van der Waals surface area contributed by atoms with Gasteiger partial charge >= 0.3 is 0 Å². The van der Waals surface area contributed by atoms with Gasteiger partial charge in [0.2, 0.25) is 0 Å². The molecule has 92 valence electrons. The Kier molecular flexibility index (Phi) is 1.98. The molecule has 1 nitrogen and oxygen atoms in total. The molecule has 3 aliphatic rings. The van der Waals surface area contributed by atoms with Gasteiger partial charge in [0, 0.05) is 6.04 Å². The van der Waals surface area contributed by atoms with Gasteiger partial charge in [-0.3, -0.25) is 0 Å². The third-order valence-corrected chi connectivity index (χ3v) is 6.94. The molecule has 0 unspecified atom stereocenters. The lowest BCUT2D eigenvalue weighted by atomic mass is 9.55. The minimum atomic E-state index is 0.557. The summed E-state index contributed by atoms with van der Waals surface area (Å²) < 4.78 is 0. The largest absolute Gasteiger partial charge is 0.305 e. The van der Waals surface area contributed by atoms with Gasteiger partial charge in [-0.15, -0.1) is 0 Å². The summed E-state index contributed by atoms with van der Waals surface area (Å²) in [4.78, 5) is 2.56. The zero-order valence-electron chi connectivity index (χ0n) is 11.6. The molecule has 0 heterocycles. The number of fused-ring (bicyclic) bond motifs is 3. The second-order valence-electron chi connectivity index (χ2n) is 7.68. The molecule has 0 N–H and O–H groups in total. The lowest BCUT2D eigenvalue weighted by molar-refractivity contribution is -0.0480. The van der Waals surface area contributed by atoms with Crippen LogP contribution in [0.2, 0.25) is 0 Å². The van der Waals surface area contributed by atoms with E-state index in [2.05, 4.69) is 39.8 Å². The van der Waals surface area contributed by atoms with Crippen molar-refractivity contribution < 1.29 is 0 Å². The van der Waals surface area contributed by atoms with Crippen molar-refractivity contribution >= 4 is 0 Å². The molecule has 0 amide bonds. The zero-order valence-corrected chi connectivity index (χ0v) is 11.6. The van der Waals surface area contributed by atoms with E-state index in [0.29, 0.717) is 16.2 Å². The molecule has 0 aromatic carbocycles. The molecule has 16 heavy (non-hydrogen) atoms. The Hall–Kier alpha value is -0.0400. The molecule has 3 aliphatic carbocycles. The molecule has 0 saturated heterocycles. The fourth-order valence-corrected chi connectivity index (χ4v) is 6.14. The molecule has 0 aliphatic heterocycles. The first-order chi connectivity index (χ1) is 7.36. The van der Waals surface area contributed by atoms with Gasteiger partial charge in [-0.2, -0.15) is 0 Å². The molecule has 0 aromatic heterocycles. The van der Waals surface area contributed by atoms with Gasteiger partial charge in [-0.05, 0) is 61.9 Å². The van der Waals surface area contributed by atoms with Crippen LogP contribution in [0.25, 0.3) is 0 Å². The summed E-state index contributed by atoms with van der Waals surface area (Å²) in [5, 5.41) is 0. The summed E-state index contributed by atoms with van der Waals surface area (Å²) in [5.74, 6) is 0.992. The Morgan fingerprint density at radius 1 is 1.00 bits per heavy atom. The molecule has 0 radical (unpaired) electrons. The van der Waals surface area contributed by atoms with Crippen molar-refractivity contribution in [2.24, 2.45) is 22.2 Å². The van der Waals surface area contributed by atoms with Crippen molar-refractivity contribution in [2.75, 3.05) is 14.1 Å². The first-order valence-electron chi connectivity index (χ1n) is 7.03. The van der Waals surface area contributed by atoms with E-state index in [1.54, 1.807) is 0 Å². The Bertz CT molecular complexity index is 313. The maximum atomic E-state index is 2.57. The lowest BCUT2D eigenvalue weighted by Gasteiger charge is -2.55. The second-order valence-corrected chi connectivity index (χ2v) is 7.68. The van der Waals surface area contributed by atoms with Crippen LogP contribution in [0.4, 0.5) is 0 Å². The molecule has 3 fully saturated rings. The summed E-state index contributed by atoms with van der Waals surface area (Å²) >= 11 is 0. The highest BCUT2D eigenvalue weighted by atomic mass is 15.2. The van der Waals surface area contributed by atoms with Gasteiger partial charge < -0.3 is 4.90 Å². The maximum Gasteiger partial charge on any atom is 0.0207 e. The predicted octanol–water partition coefficient (Wildman–Crippen LogP) is 3.54. The van der Waals surface area contributed by atoms with E-state index >= 15 is 0 Å². The van der Waals surface area contributed by atoms with Crippen LogP contribution in [0.3, 0.4) is 0 Å². The minimum Gasteiger partial charge on any atom is -0.305 e. The third-order valence-electron chi connectivity index (χ3n) is 6.94. The van der Waals surface area contributed by atoms with Crippen LogP contribution in [0.5, 0.6) is 0 Å². The number of hydrogen-bond donors (Lipinski definition) is 0. The fraction of sp³-hybridized carbons (Fsp3) is 1.00. The molecule has 2 bridgehead atoms. The van der Waals surface area contributed by atoms with Crippen LogP contribution < -0.4 is 0 Å². The highest BCUT2D eigenvalue weighted by Gasteiger charge is 2.73. The molecule has 1 spiro atoms. The summed E-state index contributed by atoms with van der Waals surface area (Å²) in [6, 6.07) is 0.836. The van der Waals surface area contributed by atoms with E-state index < -0.39 is 0 Å². The van der Waals surface area contributed by atoms with Crippen molar-refractivity contribution in [3.63, 3.8) is 0 Å². The van der Waals surface area contributed by atoms with Gasteiger partial charge in [0.15, 0.2) is 0 Å². The number of hydrogen-bond acceptors (Lipinski definition) is 1. The van der Waals surface area contributed by atoms with Crippen molar-refractivity contribution in [2.45, 2.75) is 58.9 Å². The normalized spacial score (nSPS) is 47.6. The lowest BCUT2D eigenvalue weighted by Crippen LogP contribution is -2.55. The van der Waals surface area contributed by atoms with Crippen LogP contribution in [0, 0.1) is 22.2 Å². The quantitative estimate of drug-likeness (QED) is 0.654. The van der Waals surface area contributed by atoms with Crippen molar-refractivity contribution in [3.8, 4) is 0 Å². The van der Waals surface area contributed by atoms with Crippen LogP contribution in [-0.4, -0.2) is 25.0 Å². The Morgan fingerprint density at radius 3 is 2.00 bits per heavy atom. The van der Waals surface area contributed by atoms with Crippen LogP contribution >= 0.6 is 0 Å². The highest BCUT2D eigenvalue weighted by Crippen LogP contribution is 2.77. The standard InChI is InChI=1S/C15H27N/c1-13(2)11-7-10-14(13,3)12(16(4)5)15(11)8-6-9-15/h11-12H,6-10H2,1-5H3/t11-,12-,14-/m0/s1. The van der Waals surface area contributed by atoms with Gasteiger partial charge in [0.1, 0.15) is 0 Å². The Balaban J connectivity index is 2.10. The Morgan fingerprint density at radius 2 is 1.62 bits per heavy atom. The van der Waals surface area contributed by atoms with Crippen molar-refractivity contribution in [1.82, 2.24) is 4.90 Å². The van der Waals surface area contributed by atoms with E-state index in [1.165, 1.54) is 32.1 Å². The van der Waals surface area contributed by atoms with Gasteiger partial charge in [-0.25, -0.2) is 0 Å². The molecule has 0 aromatic rings. The molecule has 3 saturated carbocycles. The maximum absolute atomic E-state index is 2.57. The van der Waals surface area contributed by atoms with Crippen LogP contribution in [0.15, 0.2) is 0 Å². The van der Waals surface area contributed by atoms with Gasteiger partial charge in [0.05, 0.1) is 0 Å². The van der Waals surface area contributed by atoms with Crippen LogP contribution in [0.1, 0.15) is 52.9 Å². The summed E-state index contributed by atoms with van der Waals surface area (Å²) in [6.45, 7) is 7.67. The van der Waals surface area contributed by atoms with E-state index in [-0.39, 0.29) is 0 Å². The second kappa shape index (κ2) is 2.85. The van der Waals surface area contributed by atoms with Gasteiger partial charge in [-0.1, -0.05) is 27.2 Å². The zero-order chi connectivity index (χ0) is 11.8. The first kappa shape index (κ1) is 11.1. The molecule has 1 heteroatoms. The topological polar surface area (TPSA) is 3.24 Å². The fourth-order valence-electron chi connectivity index (χ4n) is 6.14. The van der Waals surface area contributed by atoms with E-state index in [1.807, 2.05) is 0 Å². The molecular weight excluding hydrogens is 194 g/mol. The predicted molar refractivity (Wildman–Crippen MR) is 68.4 cm³/mol. The SMILES string of the molecule is CN(C)[C@@H]1C2(CCC2)[C@H]2CC[C@]1(C)C2(C)C. The van der Waals surface area contributed by atoms with Crippen molar-refractivity contribution in [1.29, 1.82) is 0 Å². The van der Waals surface area contributed by atoms with E-state index in [0.717, 1.165) is 12.0 Å². The molecule has 3 rings (SSSR count). The highest BCUT2D eigenvalue weighted by molar-refractivity contribution is 5.24. The van der Waals surface area contributed by atoms with E-state index in [9.17, 15) is 0 Å². The van der Waals surface area contributed by atoms with Crippen molar-refractivity contribution in [3.05, 3.63) is 0 Å². The summed E-state index contributed by atoms with van der Waals surface area (Å²) in [7, 11) is 4.62. The molecule has 3 atom stereocenters. The monoisotopic (exact) mass is 221 g/mol. The number of rotatable bonds is 1.